The molecule has 4 nitrogen and oxygen atoms in total. The van der Waals surface area contributed by atoms with E-state index in [0.717, 1.165) is 16.5 Å². The van der Waals surface area contributed by atoms with Gasteiger partial charge in [0.05, 0.1) is 21.8 Å². The summed E-state index contributed by atoms with van der Waals surface area (Å²) in [7, 11) is 0. The van der Waals surface area contributed by atoms with E-state index in [1.165, 1.54) is 6.21 Å². The standard InChI is InChI=1S/C17H11Cl2N3O/c18-13-7-5-11(9-14(13)19)10-20-22-17(23)16-8-6-12-3-1-2-4-15(12)21-16/h1-10H,(H,22,23)/b20-10-. The fourth-order valence-corrected chi connectivity index (χ4v) is 2.31. The van der Waals surface area contributed by atoms with Crippen molar-refractivity contribution in [2.75, 3.05) is 0 Å². The van der Waals surface area contributed by atoms with Crippen LogP contribution in [-0.4, -0.2) is 17.1 Å². The van der Waals surface area contributed by atoms with E-state index in [-0.39, 0.29) is 5.91 Å². The number of benzene rings is 2. The van der Waals surface area contributed by atoms with Crippen LogP contribution < -0.4 is 5.43 Å². The van der Waals surface area contributed by atoms with Gasteiger partial charge in [0, 0.05) is 5.39 Å². The molecule has 1 amide bonds. The first-order valence-electron chi connectivity index (χ1n) is 6.78. The Morgan fingerprint density at radius 1 is 1.04 bits per heavy atom. The van der Waals surface area contributed by atoms with Gasteiger partial charge in [-0.2, -0.15) is 5.10 Å². The number of carbonyl (C=O) groups is 1. The topological polar surface area (TPSA) is 54.4 Å². The van der Waals surface area contributed by atoms with Gasteiger partial charge >= 0.3 is 0 Å². The number of hydrogen-bond donors (Lipinski definition) is 1. The van der Waals surface area contributed by atoms with E-state index < -0.39 is 0 Å². The number of halogens is 2. The van der Waals surface area contributed by atoms with Crippen LogP contribution in [0.3, 0.4) is 0 Å². The highest BCUT2D eigenvalue weighted by atomic mass is 35.5. The Bertz CT molecular complexity index is 909. The molecule has 0 aliphatic rings. The monoisotopic (exact) mass is 343 g/mol. The molecule has 2 aromatic carbocycles. The average molecular weight is 344 g/mol. The summed E-state index contributed by atoms with van der Waals surface area (Å²) in [5, 5.41) is 5.77. The number of amides is 1. The molecule has 6 heteroatoms. The number of nitrogens with zero attached hydrogens (tertiary/aromatic N) is 2. The summed E-state index contributed by atoms with van der Waals surface area (Å²) in [5.41, 5.74) is 4.22. The lowest BCUT2D eigenvalue weighted by Gasteiger charge is -2.02. The zero-order valence-electron chi connectivity index (χ0n) is 11.8. The average Bonchev–Trinajstić information content (AvgIpc) is 2.57. The molecule has 0 bridgehead atoms. The lowest BCUT2D eigenvalue weighted by molar-refractivity contribution is 0.0950. The minimum absolute atomic E-state index is 0.301. The van der Waals surface area contributed by atoms with Crippen LogP contribution in [-0.2, 0) is 0 Å². The molecule has 3 aromatic rings. The SMILES string of the molecule is O=C(N/N=C\c1ccc(Cl)c(Cl)c1)c1ccc2ccccc2n1. The molecule has 0 saturated heterocycles. The number of aromatic nitrogens is 1. The van der Waals surface area contributed by atoms with Crippen LogP contribution in [0.2, 0.25) is 10.0 Å². The van der Waals surface area contributed by atoms with E-state index in [9.17, 15) is 4.79 Å². The minimum Gasteiger partial charge on any atom is -0.266 e. The van der Waals surface area contributed by atoms with Gasteiger partial charge in [-0.15, -0.1) is 0 Å². The first-order valence-corrected chi connectivity index (χ1v) is 7.53. The van der Waals surface area contributed by atoms with Crippen molar-refractivity contribution in [3.05, 3.63) is 75.9 Å². The zero-order valence-corrected chi connectivity index (χ0v) is 13.3. The number of rotatable bonds is 3. The van der Waals surface area contributed by atoms with Gasteiger partial charge in [-0.1, -0.05) is 53.5 Å². The van der Waals surface area contributed by atoms with E-state index in [1.54, 1.807) is 24.3 Å². The third-order valence-corrected chi connectivity index (χ3v) is 3.89. The molecule has 0 spiro atoms. The quantitative estimate of drug-likeness (QED) is 0.569. The van der Waals surface area contributed by atoms with E-state index in [1.807, 2.05) is 30.3 Å². The summed E-state index contributed by atoms with van der Waals surface area (Å²) in [6, 6.07) is 16.2. The Labute approximate surface area is 142 Å². The molecule has 0 saturated carbocycles. The fourth-order valence-electron chi connectivity index (χ4n) is 2.01. The second kappa shape index (κ2) is 6.77. The van der Waals surface area contributed by atoms with Crippen molar-refractivity contribution in [2.24, 2.45) is 5.10 Å². The number of para-hydroxylation sites is 1. The van der Waals surface area contributed by atoms with Gasteiger partial charge in [-0.25, -0.2) is 10.4 Å². The summed E-state index contributed by atoms with van der Waals surface area (Å²) in [6.07, 6.45) is 1.49. The third-order valence-electron chi connectivity index (χ3n) is 3.15. The number of carbonyl (C=O) groups excluding carboxylic acids is 1. The predicted octanol–water partition coefficient (Wildman–Crippen LogP) is 4.31. The molecule has 0 aliphatic carbocycles. The van der Waals surface area contributed by atoms with Crippen molar-refractivity contribution in [1.82, 2.24) is 10.4 Å². The van der Waals surface area contributed by atoms with Crippen molar-refractivity contribution in [3.8, 4) is 0 Å². The van der Waals surface area contributed by atoms with Gasteiger partial charge in [0.1, 0.15) is 5.69 Å². The molecule has 114 valence electrons. The van der Waals surface area contributed by atoms with E-state index in [0.29, 0.717) is 15.7 Å². The van der Waals surface area contributed by atoms with Crippen LogP contribution in [0.4, 0.5) is 0 Å². The molecule has 1 aromatic heterocycles. The van der Waals surface area contributed by atoms with Crippen LogP contribution in [0, 0.1) is 0 Å². The number of fused-ring (bicyclic) bond motifs is 1. The number of nitrogens with one attached hydrogen (secondary N) is 1. The summed E-state index contributed by atoms with van der Waals surface area (Å²) >= 11 is 11.8. The zero-order chi connectivity index (χ0) is 16.2. The van der Waals surface area contributed by atoms with Crippen LogP contribution in [0.15, 0.2) is 59.7 Å². The molecule has 0 unspecified atom stereocenters. The highest BCUT2D eigenvalue weighted by Gasteiger charge is 2.06. The number of hydrogen-bond acceptors (Lipinski definition) is 3. The van der Waals surface area contributed by atoms with Crippen LogP contribution in [0.25, 0.3) is 10.9 Å². The summed E-state index contributed by atoms with van der Waals surface area (Å²) < 4.78 is 0. The Balaban J connectivity index is 1.72. The number of hydrazone groups is 1. The van der Waals surface area contributed by atoms with Gasteiger partial charge in [0.25, 0.3) is 5.91 Å². The highest BCUT2D eigenvalue weighted by Crippen LogP contribution is 2.21. The van der Waals surface area contributed by atoms with Crippen molar-refractivity contribution in [1.29, 1.82) is 0 Å². The van der Waals surface area contributed by atoms with Crippen molar-refractivity contribution >= 4 is 46.2 Å². The van der Waals surface area contributed by atoms with Gasteiger partial charge in [-0.05, 0) is 29.8 Å². The molecule has 1 heterocycles. The molecule has 0 aliphatic heterocycles. The first-order chi connectivity index (χ1) is 11.1. The molecular weight excluding hydrogens is 333 g/mol. The molecule has 23 heavy (non-hydrogen) atoms. The van der Waals surface area contributed by atoms with Crippen LogP contribution >= 0.6 is 23.2 Å². The Morgan fingerprint density at radius 2 is 1.87 bits per heavy atom. The van der Waals surface area contributed by atoms with E-state index in [4.69, 9.17) is 23.2 Å². The maximum absolute atomic E-state index is 12.1. The minimum atomic E-state index is -0.382. The number of pyridine rings is 1. The lowest BCUT2D eigenvalue weighted by atomic mass is 10.2. The highest BCUT2D eigenvalue weighted by molar-refractivity contribution is 6.42. The van der Waals surface area contributed by atoms with Crippen molar-refractivity contribution < 1.29 is 4.79 Å². The molecule has 0 fully saturated rings. The predicted molar refractivity (Wildman–Crippen MR) is 93.3 cm³/mol. The first kappa shape index (κ1) is 15.5. The second-order valence-corrected chi connectivity index (χ2v) is 5.58. The van der Waals surface area contributed by atoms with E-state index in [2.05, 4.69) is 15.5 Å². The smallest absolute Gasteiger partial charge is 0.266 e. The van der Waals surface area contributed by atoms with Gasteiger partial charge in [0.2, 0.25) is 0 Å². The van der Waals surface area contributed by atoms with Crippen LogP contribution in [0.1, 0.15) is 16.1 Å². The third kappa shape index (κ3) is 3.67. The largest absolute Gasteiger partial charge is 0.289 e. The molecular formula is C17H11Cl2N3O. The summed E-state index contributed by atoms with van der Waals surface area (Å²) in [4.78, 5) is 16.4. The molecule has 0 atom stereocenters. The van der Waals surface area contributed by atoms with Crippen molar-refractivity contribution in [2.45, 2.75) is 0 Å². The summed E-state index contributed by atoms with van der Waals surface area (Å²) in [5.74, 6) is -0.382. The normalized spacial score (nSPS) is 11.0. The van der Waals surface area contributed by atoms with E-state index >= 15 is 0 Å². The fraction of sp³-hybridized carbons (Fsp3) is 0. The lowest BCUT2D eigenvalue weighted by Crippen LogP contribution is -2.18. The maximum atomic E-state index is 12.1. The van der Waals surface area contributed by atoms with Crippen molar-refractivity contribution in [3.63, 3.8) is 0 Å². The molecule has 0 radical (unpaired) electrons. The molecule has 1 N–H and O–H groups in total. The Kier molecular flexibility index (Phi) is 4.55. The Hall–Kier alpha value is -2.43. The second-order valence-electron chi connectivity index (χ2n) is 4.76. The van der Waals surface area contributed by atoms with Gasteiger partial charge in [-0.3, -0.25) is 4.79 Å². The van der Waals surface area contributed by atoms with Gasteiger partial charge < -0.3 is 0 Å². The molecule has 3 rings (SSSR count). The van der Waals surface area contributed by atoms with Crippen LogP contribution in [0.5, 0.6) is 0 Å². The van der Waals surface area contributed by atoms with Gasteiger partial charge in [0.15, 0.2) is 0 Å². The summed E-state index contributed by atoms with van der Waals surface area (Å²) in [6.45, 7) is 0. The maximum Gasteiger partial charge on any atom is 0.289 e. The Morgan fingerprint density at radius 3 is 2.70 bits per heavy atom.